The summed E-state index contributed by atoms with van der Waals surface area (Å²) >= 11 is 0. The molecule has 0 aliphatic carbocycles. The number of carbonyl (C=O) groups excluding carboxylic acids is 1. The van der Waals surface area contributed by atoms with Gasteiger partial charge in [0.2, 0.25) is 0 Å². The van der Waals surface area contributed by atoms with Gasteiger partial charge in [-0.2, -0.15) is 5.10 Å². The monoisotopic (exact) mass is 388 g/mol. The second kappa shape index (κ2) is 7.63. The van der Waals surface area contributed by atoms with Crippen molar-refractivity contribution in [2.24, 2.45) is 7.05 Å². The van der Waals surface area contributed by atoms with Gasteiger partial charge in [0.25, 0.3) is 5.91 Å². The highest BCUT2D eigenvalue weighted by Gasteiger charge is 2.21. The van der Waals surface area contributed by atoms with E-state index in [9.17, 15) is 4.79 Å². The Bertz CT molecular complexity index is 1150. The Hall–Kier alpha value is -3.88. The standard InChI is InChI=1S/C20H20N8O/c1-13(2)18-16(11-24-28(18)17-6-4-5-7-22-17)20(29)25-15-8-14(9-21-10-15)19-26-23-12-27(19)3/h4-13H,1-3H3,(H,25,29). The molecule has 0 radical (unpaired) electrons. The molecular weight excluding hydrogens is 368 g/mol. The first-order chi connectivity index (χ1) is 14.0. The molecule has 4 rings (SSSR count). The number of nitrogens with one attached hydrogen (secondary N) is 1. The van der Waals surface area contributed by atoms with Gasteiger partial charge in [0.1, 0.15) is 6.33 Å². The molecule has 29 heavy (non-hydrogen) atoms. The Morgan fingerprint density at radius 1 is 1.17 bits per heavy atom. The number of rotatable bonds is 5. The lowest BCUT2D eigenvalue weighted by Crippen LogP contribution is -2.16. The molecule has 0 fully saturated rings. The van der Waals surface area contributed by atoms with Gasteiger partial charge < -0.3 is 9.88 Å². The molecule has 4 aromatic heterocycles. The molecular formula is C20H20N8O. The molecule has 0 unspecified atom stereocenters. The van der Waals surface area contributed by atoms with Crippen LogP contribution in [0.25, 0.3) is 17.2 Å². The molecule has 4 aromatic rings. The number of hydrogen-bond donors (Lipinski definition) is 1. The van der Waals surface area contributed by atoms with Crippen LogP contribution in [0, 0.1) is 0 Å². The average molecular weight is 388 g/mol. The number of anilines is 1. The molecule has 0 bridgehead atoms. The summed E-state index contributed by atoms with van der Waals surface area (Å²) in [5, 5.41) is 15.3. The average Bonchev–Trinajstić information content (AvgIpc) is 3.35. The predicted molar refractivity (Wildman–Crippen MR) is 108 cm³/mol. The minimum atomic E-state index is -0.257. The predicted octanol–water partition coefficient (Wildman–Crippen LogP) is 2.83. The van der Waals surface area contributed by atoms with Crippen molar-refractivity contribution in [3.05, 3.63) is 66.6 Å². The van der Waals surface area contributed by atoms with Gasteiger partial charge in [-0.3, -0.25) is 9.78 Å². The number of pyridine rings is 2. The van der Waals surface area contributed by atoms with E-state index in [1.165, 1.54) is 0 Å². The molecule has 0 saturated carbocycles. The first-order valence-electron chi connectivity index (χ1n) is 9.14. The Balaban J connectivity index is 1.65. The molecule has 1 N–H and O–H groups in total. The van der Waals surface area contributed by atoms with Crippen LogP contribution in [-0.4, -0.2) is 40.4 Å². The van der Waals surface area contributed by atoms with Gasteiger partial charge in [-0.15, -0.1) is 10.2 Å². The molecule has 1 amide bonds. The SMILES string of the molecule is CC(C)c1c(C(=O)Nc2cncc(-c3nncn3C)c2)cnn1-c1ccccn1. The Labute approximate surface area is 167 Å². The van der Waals surface area contributed by atoms with Crippen LogP contribution in [0.2, 0.25) is 0 Å². The lowest BCUT2D eigenvalue weighted by Gasteiger charge is -2.12. The maximum absolute atomic E-state index is 13.0. The molecule has 0 atom stereocenters. The summed E-state index contributed by atoms with van der Waals surface area (Å²) in [7, 11) is 1.85. The zero-order valence-electron chi connectivity index (χ0n) is 16.3. The first kappa shape index (κ1) is 18.5. The van der Waals surface area contributed by atoms with E-state index >= 15 is 0 Å². The zero-order valence-corrected chi connectivity index (χ0v) is 16.3. The zero-order chi connectivity index (χ0) is 20.4. The third kappa shape index (κ3) is 3.62. The fourth-order valence-corrected chi connectivity index (χ4v) is 3.12. The molecule has 0 saturated heterocycles. The molecule has 0 spiro atoms. The van der Waals surface area contributed by atoms with Gasteiger partial charge in [0, 0.05) is 25.0 Å². The molecule has 9 nitrogen and oxygen atoms in total. The lowest BCUT2D eigenvalue weighted by molar-refractivity contribution is 0.102. The van der Waals surface area contributed by atoms with Crippen LogP contribution in [0.15, 0.2) is 55.4 Å². The smallest absolute Gasteiger partial charge is 0.259 e. The van der Waals surface area contributed by atoms with E-state index in [0.29, 0.717) is 22.9 Å². The Morgan fingerprint density at radius 2 is 2.03 bits per heavy atom. The van der Waals surface area contributed by atoms with Crippen molar-refractivity contribution in [1.29, 1.82) is 0 Å². The number of amides is 1. The summed E-state index contributed by atoms with van der Waals surface area (Å²) in [4.78, 5) is 21.6. The molecule has 9 heteroatoms. The van der Waals surface area contributed by atoms with Crippen molar-refractivity contribution in [1.82, 2.24) is 34.5 Å². The van der Waals surface area contributed by atoms with Crippen LogP contribution < -0.4 is 5.32 Å². The van der Waals surface area contributed by atoms with Crippen molar-refractivity contribution in [2.75, 3.05) is 5.32 Å². The van der Waals surface area contributed by atoms with Crippen LogP contribution >= 0.6 is 0 Å². The van der Waals surface area contributed by atoms with E-state index in [2.05, 4.69) is 30.6 Å². The van der Waals surface area contributed by atoms with Crippen LogP contribution in [-0.2, 0) is 7.05 Å². The number of hydrogen-bond acceptors (Lipinski definition) is 6. The molecule has 4 heterocycles. The van der Waals surface area contributed by atoms with E-state index in [1.54, 1.807) is 40.4 Å². The van der Waals surface area contributed by atoms with Crippen molar-refractivity contribution in [2.45, 2.75) is 19.8 Å². The van der Waals surface area contributed by atoms with E-state index in [-0.39, 0.29) is 11.8 Å². The van der Waals surface area contributed by atoms with E-state index in [1.807, 2.05) is 45.2 Å². The lowest BCUT2D eigenvalue weighted by atomic mass is 10.1. The molecule has 146 valence electrons. The van der Waals surface area contributed by atoms with E-state index in [4.69, 9.17) is 0 Å². The molecule has 0 aliphatic heterocycles. The Kier molecular flexibility index (Phi) is 4.86. The van der Waals surface area contributed by atoms with Crippen LogP contribution in [0.4, 0.5) is 5.69 Å². The normalized spacial score (nSPS) is 11.0. The van der Waals surface area contributed by atoms with Crippen LogP contribution in [0.3, 0.4) is 0 Å². The summed E-state index contributed by atoms with van der Waals surface area (Å²) in [6.45, 7) is 4.03. The van der Waals surface area contributed by atoms with Crippen LogP contribution in [0.5, 0.6) is 0 Å². The van der Waals surface area contributed by atoms with Gasteiger partial charge in [-0.1, -0.05) is 19.9 Å². The van der Waals surface area contributed by atoms with Gasteiger partial charge in [0.15, 0.2) is 11.6 Å². The Morgan fingerprint density at radius 3 is 2.72 bits per heavy atom. The van der Waals surface area contributed by atoms with Gasteiger partial charge in [-0.05, 0) is 24.1 Å². The highest BCUT2D eigenvalue weighted by Crippen LogP contribution is 2.24. The summed E-state index contributed by atoms with van der Waals surface area (Å²) in [5.74, 6) is 1.15. The van der Waals surface area contributed by atoms with E-state index in [0.717, 1.165) is 11.3 Å². The third-order valence-corrected chi connectivity index (χ3v) is 4.43. The van der Waals surface area contributed by atoms with Crippen molar-refractivity contribution < 1.29 is 4.79 Å². The van der Waals surface area contributed by atoms with Crippen molar-refractivity contribution in [3.63, 3.8) is 0 Å². The third-order valence-electron chi connectivity index (χ3n) is 4.43. The highest BCUT2D eigenvalue weighted by atomic mass is 16.1. The summed E-state index contributed by atoms with van der Waals surface area (Å²) in [6.07, 6.45) is 8.15. The highest BCUT2D eigenvalue weighted by molar-refractivity contribution is 6.05. The number of aromatic nitrogens is 7. The number of aryl methyl sites for hydroxylation is 1. The van der Waals surface area contributed by atoms with Gasteiger partial charge in [0.05, 0.1) is 29.3 Å². The summed E-state index contributed by atoms with van der Waals surface area (Å²) < 4.78 is 3.49. The molecule has 0 aliphatic rings. The second-order valence-corrected chi connectivity index (χ2v) is 6.88. The fraction of sp³-hybridized carbons (Fsp3) is 0.200. The maximum Gasteiger partial charge on any atom is 0.259 e. The minimum Gasteiger partial charge on any atom is -0.320 e. The fourth-order valence-electron chi connectivity index (χ4n) is 3.12. The first-order valence-corrected chi connectivity index (χ1v) is 9.14. The summed E-state index contributed by atoms with van der Waals surface area (Å²) in [6, 6.07) is 7.40. The van der Waals surface area contributed by atoms with E-state index < -0.39 is 0 Å². The summed E-state index contributed by atoms with van der Waals surface area (Å²) in [5.41, 5.74) is 2.61. The second-order valence-electron chi connectivity index (χ2n) is 6.88. The number of nitrogens with zero attached hydrogens (tertiary/aromatic N) is 7. The van der Waals surface area contributed by atoms with Gasteiger partial charge in [-0.25, -0.2) is 9.67 Å². The topological polar surface area (TPSA) is 103 Å². The van der Waals surface area contributed by atoms with Gasteiger partial charge >= 0.3 is 0 Å². The quantitative estimate of drug-likeness (QED) is 0.564. The minimum absolute atomic E-state index is 0.0726. The largest absolute Gasteiger partial charge is 0.320 e. The van der Waals surface area contributed by atoms with Crippen molar-refractivity contribution in [3.8, 4) is 17.2 Å². The van der Waals surface area contributed by atoms with Crippen molar-refractivity contribution >= 4 is 11.6 Å². The molecule has 0 aromatic carbocycles. The maximum atomic E-state index is 13.0. The number of carbonyl (C=O) groups is 1. The van der Waals surface area contributed by atoms with Crippen LogP contribution in [0.1, 0.15) is 35.8 Å².